The average Bonchev–Trinajstić information content (AvgIpc) is 3.30. The maximum Gasteiger partial charge on any atom is 0.190 e. The zero-order valence-electron chi connectivity index (χ0n) is 23.2. The molecule has 0 radical (unpaired) electrons. The van der Waals surface area contributed by atoms with Crippen molar-refractivity contribution in [1.82, 2.24) is 0 Å². The molecule has 0 aromatic carbocycles. The first kappa shape index (κ1) is 30.9. The molecule has 2 fully saturated rings. The molecule has 7 heteroatoms. The van der Waals surface area contributed by atoms with Gasteiger partial charge in [0.05, 0.1) is 6.10 Å². The summed E-state index contributed by atoms with van der Waals surface area (Å²) >= 11 is 0. The highest BCUT2D eigenvalue weighted by Gasteiger charge is 2.58. The smallest absolute Gasteiger partial charge is 0.190 e. The Hall–Kier alpha value is -0.280. The zero-order chi connectivity index (χ0) is 25.7. The third-order valence-corrected chi connectivity index (χ3v) is 7.07. The summed E-state index contributed by atoms with van der Waals surface area (Å²) in [6.07, 6.45) is 12.5. The summed E-state index contributed by atoms with van der Waals surface area (Å²) in [5, 5.41) is 11.0. The zero-order valence-corrected chi connectivity index (χ0v) is 23.2. The molecule has 3 N–H and O–H groups in total. The Morgan fingerprint density at radius 2 is 1.46 bits per heavy atom. The largest absolute Gasteiger partial charge is 0.390 e. The maximum atomic E-state index is 11.0. The topological polar surface area (TPSA) is 92.4 Å². The van der Waals surface area contributed by atoms with Crippen molar-refractivity contribution in [3.05, 3.63) is 0 Å². The van der Waals surface area contributed by atoms with Gasteiger partial charge in [0, 0.05) is 12.6 Å². The van der Waals surface area contributed by atoms with Crippen LogP contribution in [0.2, 0.25) is 0 Å². The van der Waals surface area contributed by atoms with E-state index in [-0.39, 0.29) is 12.3 Å². The van der Waals surface area contributed by atoms with Crippen LogP contribution < -0.4 is 5.73 Å². The van der Waals surface area contributed by atoms with Crippen molar-refractivity contribution in [3.8, 4) is 0 Å². The van der Waals surface area contributed by atoms with Crippen molar-refractivity contribution in [1.29, 1.82) is 0 Å². The molecule has 7 atom stereocenters. The maximum absolute atomic E-state index is 11.0. The van der Waals surface area contributed by atoms with Crippen LogP contribution in [0.4, 0.5) is 0 Å². The molecule has 2 unspecified atom stereocenters. The molecule has 0 aliphatic carbocycles. The van der Waals surface area contributed by atoms with Crippen molar-refractivity contribution < 1.29 is 28.8 Å². The van der Waals surface area contributed by atoms with Crippen LogP contribution >= 0.6 is 0 Å². The van der Waals surface area contributed by atoms with Gasteiger partial charge >= 0.3 is 0 Å². The lowest BCUT2D eigenvalue weighted by Crippen LogP contribution is -2.41. The van der Waals surface area contributed by atoms with Gasteiger partial charge < -0.3 is 34.5 Å². The lowest BCUT2D eigenvalue weighted by molar-refractivity contribution is -0.287. The van der Waals surface area contributed by atoms with Crippen LogP contribution in [0.25, 0.3) is 0 Å². The summed E-state index contributed by atoms with van der Waals surface area (Å²) in [6, 6.07) is -0.0621. The van der Waals surface area contributed by atoms with E-state index in [0.717, 1.165) is 19.3 Å². The fourth-order valence-electron chi connectivity index (χ4n) is 5.08. The fourth-order valence-corrected chi connectivity index (χ4v) is 5.08. The van der Waals surface area contributed by atoms with Gasteiger partial charge in [0.1, 0.15) is 18.3 Å². The Bertz CT molecular complexity index is 548. The minimum absolute atomic E-state index is 0.0621. The molecule has 2 aliphatic rings. The van der Waals surface area contributed by atoms with Crippen molar-refractivity contribution in [2.24, 2.45) is 5.73 Å². The molecule has 2 heterocycles. The number of fused-ring (bicyclic) bond motifs is 1. The van der Waals surface area contributed by atoms with E-state index in [4.69, 9.17) is 29.4 Å². The second-order valence-corrected chi connectivity index (χ2v) is 10.9. The number of aliphatic hydroxyl groups excluding tert-OH is 1. The standard InChI is InChI=1S/C28H55NO6/c1-6-9-11-13-14-15-17-19-31-23(8-3)32-27-26-25(34-28(4,5)35-26)24(33-27)22(30)20-21(29)18-16-12-10-7-2/h21-27,30H,6-20,29H2,1-5H3/t21?,22-,23?,24-,25+,26+,27+/m1/s1. The number of ether oxygens (including phenoxy) is 5. The van der Waals surface area contributed by atoms with Gasteiger partial charge in [0.15, 0.2) is 18.4 Å². The van der Waals surface area contributed by atoms with Crippen LogP contribution in [0.15, 0.2) is 0 Å². The van der Waals surface area contributed by atoms with E-state index < -0.39 is 36.5 Å². The Morgan fingerprint density at radius 3 is 2.11 bits per heavy atom. The first-order valence-electron chi connectivity index (χ1n) is 14.5. The van der Waals surface area contributed by atoms with E-state index in [1.54, 1.807) is 0 Å². The molecule has 0 aromatic rings. The van der Waals surface area contributed by atoms with Gasteiger partial charge in [-0.15, -0.1) is 0 Å². The summed E-state index contributed by atoms with van der Waals surface area (Å²) in [5.74, 6) is -0.749. The highest BCUT2D eigenvalue weighted by molar-refractivity contribution is 4.98. The minimum atomic E-state index is -0.749. The van der Waals surface area contributed by atoms with Crippen LogP contribution in [-0.4, -0.2) is 60.5 Å². The Labute approximate surface area is 214 Å². The van der Waals surface area contributed by atoms with Gasteiger partial charge in [-0.2, -0.15) is 0 Å². The number of hydrogen-bond donors (Lipinski definition) is 2. The predicted octanol–water partition coefficient (Wildman–Crippen LogP) is 5.80. The van der Waals surface area contributed by atoms with E-state index in [9.17, 15) is 5.11 Å². The van der Waals surface area contributed by atoms with Crippen molar-refractivity contribution in [2.75, 3.05) is 6.61 Å². The van der Waals surface area contributed by atoms with Crippen molar-refractivity contribution >= 4 is 0 Å². The highest BCUT2D eigenvalue weighted by atomic mass is 16.8. The molecule has 2 aliphatic heterocycles. The molecule has 0 saturated carbocycles. The van der Waals surface area contributed by atoms with Gasteiger partial charge in [-0.3, -0.25) is 0 Å². The number of hydrogen-bond acceptors (Lipinski definition) is 7. The fraction of sp³-hybridized carbons (Fsp3) is 1.00. The first-order chi connectivity index (χ1) is 16.8. The van der Waals surface area contributed by atoms with Crippen LogP contribution in [0.5, 0.6) is 0 Å². The normalized spacial score (nSPS) is 28.2. The Morgan fingerprint density at radius 1 is 0.857 bits per heavy atom. The lowest BCUT2D eigenvalue weighted by Gasteiger charge is -2.28. The van der Waals surface area contributed by atoms with Crippen molar-refractivity contribution in [3.63, 3.8) is 0 Å². The number of nitrogens with two attached hydrogens (primary N) is 1. The molecular formula is C28H55NO6. The molecule has 2 saturated heterocycles. The molecule has 0 aromatic heterocycles. The van der Waals surface area contributed by atoms with E-state index in [1.165, 1.54) is 57.8 Å². The SMILES string of the molecule is CCCCCCCCCOC(CC)O[C@H]1O[C@H]([C@H](O)CC(N)CCCCCC)[C@@H]2OC(C)(C)O[C@H]12. The summed E-state index contributed by atoms with van der Waals surface area (Å²) in [7, 11) is 0. The van der Waals surface area contributed by atoms with E-state index in [0.29, 0.717) is 19.4 Å². The monoisotopic (exact) mass is 501 g/mol. The molecule has 208 valence electrons. The number of unbranched alkanes of at least 4 members (excludes halogenated alkanes) is 9. The lowest BCUT2D eigenvalue weighted by atomic mass is 9.97. The third kappa shape index (κ3) is 10.9. The molecule has 0 amide bonds. The molecular weight excluding hydrogens is 446 g/mol. The van der Waals surface area contributed by atoms with Gasteiger partial charge in [0.2, 0.25) is 0 Å². The summed E-state index contributed by atoms with van der Waals surface area (Å²) in [5.41, 5.74) is 6.33. The van der Waals surface area contributed by atoms with Gasteiger partial charge in [0.25, 0.3) is 0 Å². The molecule has 0 bridgehead atoms. The Kier molecular flexibility index (Phi) is 14.6. The molecule has 2 rings (SSSR count). The second-order valence-electron chi connectivity index (χ2n) is 10.9. The third-order valence-electron chi connectivity index (χ3n) is 7.07. The second kappa shape index (κ2) is 16.5. The number of rotatable bonds is 20. The summed E-state index contributed by atoms with van der Waals surface area (Å²) in [6.45, 7) is 10.9. The van der Waals surface area contributed by atoms with Crippen LogP contribution in [-0.2, 0) is 23.7 Å². The molecule has 7 nitrogen and oxygen atoms in total. The van der Waals surface area contributed by atoms with Crippen LogP contribution in [0, 0.1) is 0 Å². The summed E-state index contributed by atoms with van der Waals surface area (Å²) < 4.78 is 30.7. The van der Waals surface area contributed by atoms with Gasteiger partial charge in [-0.25, -0.2) is 0 Å². The van der Waals surface area contributed by atoms with Gasteiger partial charge in [-0.1, -0.05) is 85.0 Å². The quantitative estimate of drug-likeness (QED) is 0.161. The van der Waals surface area contributed by atoms with Crippen LogP contribution in [0.3, 0.4) is 0 Å². The number of aliphatic hydroxyl groups is 1. The predicted molar refractivity (Wildman–Crippen MR) is 139 cm³/mol. The van der Waals surface area contributed by atoms with Crippen LogP contribution in [0.1, 0.15) is 125 Å². The first-order valence-corrected chi connectivity index (χ1v) is 14.5. The van der Waals surface area contributed by atoms with E-state index in [2.05, 4.69) is 13.8 Å². The molecule has 0 spiro atoms. The Balaban J connectivity index is 1.82. The van der Waals surface area contributed by atoms with E-state index >= 15 is 0 Å². The van der Waals surface area contributed by atoms with E-state index in [1.807, 2.05) is 20.8 Å². The van der Waals surface area contributed by atoms with Gasteiger partial charge in [-0.05, 0) is 39.5 Å². The van der Waals surface area contributed by atoms with Crippen molar-refractivity contribution in [2.45, 2.75) is 173 Å². The average molecular weight is 502 g/mol. The molecule has 35 heavy (non-hydrogen) atoms. The summed E-state index contributed by atoms with van der Waals surface area (Å²) in [4.78, 5) is 0. The highest BCUT2D eigenvalue weighted by Crippen LogP contribution is 2.41. The minimum Gasteiger partial charge on any atom is -0.390 e.